The predicted molar refractivity (Wildman–Crippen MR) is 270 cm³/mol. The van der Waals surface area contributed by atoms with Crippen molar-refractivity contribution in [3.05, 3.63) is 104 Å². The minimum absolute atomic E-state index is 0.750. The van der Waals surface area contributed by atoms with Gasteiger partial charge in [0.1, 0.15) is 22.4 Å². The number of H-pyrrole nitrogens is 4. The number of likely N-dealkylation sites (N-methyl/N-ethyl adjacent to an activating group) is 2. The zero-order valence-electron chi connectivity index (χ0n) is 38.8. The van der Waals surface area contributed by atoms with Crippen molar-refractivity contribution in [2.24, 2.45) is 0 Å². The second kappa shape index (κ2) is 18.6. The lowest BCUT2D eigenvalue weighted by Crippen LogP contribution is -2.44. The quantitative estimate of drug-likeness (QED) is 0.122. The maximum absolute atomic E-state index is 5.01. The second-order valence-corrected chi connectivity index (χ2v) is 17.0. The standard InChI is InChI=1S/C25H27N9.C23H22N8.C2H6/c1-32(2)17-11-16(13-26-14-17)20-12-18-21(15-27-20)30-31-23(18)25-28-19-5-4-6-22(24(19)29-25)34-9-7-33(3)8-10-34;1-30-8-10-31(11-9-30)20-6-2-5-17-22(20)27-23(26-17)21-16-12-18(15-4-3-7-24-13-15)25-14-19(16)28-29-21;1-2/h4-6,11-15H,7-10H2,1-3H3,(H,28,29)(H,30,31);2-7,12-14H,8-11H2,1H3,(H,26,27)(H,28,29);1-2H3. The molecule has 17 heteroatoms. The molecule has 0 radical (unpaired) electrons. The average Bonchev–Trinajstić information content (AvgIpc) is 4.20. The van der Waals surface area contributed by atoms with Crippen molar-refractivity contribution in [2.45, 2.75) is 13.8 Å². The van der Waals surface area contributed by atoms with Gasteiger partial charge in [-0.3, -0.25) is 30.1 Å². The Bertz CT molecular complexity index is 3280. The van der Waals surface area contributed by atoms with E-state index < -0.39 is 0 Å². The van der Waals surface area contributed by atoms with E-state index in [9.17, 15) is 0 Å². The average molecular weight is 894 g/mol. The number of nitrogens with one attached hydrogen (secondary N) is 4. The number of aromatic nitrogens is 12. The van der Waals surface area contributed by atoms with Gasteiger partial charge in [0, 0.05) is 107 Å². The van der Waals surface area contributed by atoms with Gasteiger partial charge >= 0.3 is 0 Å². The van der Waals surface area contributed by atoms with Crippen LogP contribution < -0.4 is 14.7 Å². The van der Waals surface area contributed by atoms with Gasteiger partial charge in [-0.1, -0.05) is 26.0 Å². The molecule has 340 valence electrons. The summed E-state index contributed by atoms with van der Waals surface area (Å²) in [5.41, 5.74) is 14.3. The molecule has 10 heterocycles. The van der Waals surface area contributed by atoms with Gasteiger partial charge in [0.05, 0.1) is 69.1 Å². The number of fused-ring (bicyclic) bond motifs is 4. The largest absolute Gasteiger partial charge is 0.376 e. The lowest BCUT2D eigenvalue weighted by molar-refractivity contribution is 0.313. The van der Waals surface area contributed by atoms with Gasteiger partial charge in [-0.05, 0) is 68.7 Å². The van der Waals surface area contributed by atoms with Crippen molar-refractivity contribution in [1.29, 1.82) is 0 Å². The SMILES string of the molecule is CC.CN1CCN(c2cccc3[nH]c(-c4n[nH]c5cnc(-c6cccnc6)cc45)nc23)CC1.CN1CCN(c2cccc3[nH]c(-c4n[nH]c5cnc(-c6cncc(N(C)C)c6)cc45)nc23)CC1. The number of pyridine rings is 4. The molecule has 10 aromatic rings. The molecule has 0 spiro atoms. The number of hydrogen-bond donors (Lipinski definition) is 4. The number of benzene rings is 2. The van der Waals surface area contributed by atoms with Crippen LogP contribution in [0.25, 0.3) is 89.4 Å². The molecular weight excluding hydrogens is 839 g/mol. The number of piperazine rings is 2. The summed E-state index contributed by atoms with van der Waals surface area (Å²) in [7, 11) is 8.35. The smallest absolute Gasteiger partial charge is 0.159 e. The van der Waals surface area contributed by atoms with Gasteiger partial charge in [0.2, 0.25) is 0 Å². The molecule has 0 bridgehead atoms. The first-order chi connectivity index (χ1) is 32.8. The van der Waals surface area contributed by atoms with E-state index in [1.807, 2.05) is 82.0 Å². The number of aromatic amines is 4. The van der Waals surface area contributed by atoms with Crippen LogP contribution in [0.15, 0.2) is 104 Å². The molecule has 17 nitrogen and oxygen atoms in total. The fourth-order valence-electron chi connectivity index (χ4n) is 8.70. The van der Waals surface area contributed by atoms with Gasteiger partial charge in [0.15, 0.2) is 11.6 Å². The van der Waals surface area contributed by atoms with Gasteiger partial charge in [-0.25, -0.2) is 9.97 Å². The van der Waals surface area contributed by atoms with Crippen molar-refractivity contribution in [2.75, 3.05) is 95.2 Å². The number of nitrogens with zero attached hydrogens (tertiary/aromatic N) is 13. The van der Waals surface area contributed by atoms with Crippen LogP contribution in [0.2, 0.25) is 0 Å². The highest BCUT2D eigenvalue weighted by atomic mass is 15.3. The molecule has 2 aliphatic heterocycles. The molecule has 8 aromatic heterocycles. The van der Waals surface area contributed by atoms with Crippen LogP contribution in [0.4, 0.5) is 17.1 Å². The van der Waals surface area contributed by atoms with E-state index in [1.165, 1.54) is 11.4 Å². The molecule has 67 heavy (non-hydrogen) atoms. The number of para-hydroxylation sites is 2. The van der Waals surface area contributed by atoms with E-state index in [2.05, 4.69) is 133 Å². The molecule has 4 N–H and O–H groups in total. The Morgan fingerprint density at radius 2 is 1.03 bits per heavy atom. The van der Waals surface area contributed by atoms with Crippen molar-refractivity contribution in [3.63, 3.8) is 0 Å². The molecule has 0 unspecified atom stereocenters. The molecule has 0 aliphatic carbocycles. The minimum atomic E-state index is 0.750. The third-order valence-electron chi connectivity index (χ3n) is 12.5. The Balaban J connectivity index is 0.000000152. The van der Waals surface area contributed by atoms with Crippen LogP contribution in [-0.2, 0) is 0 Å². The Hall–Kier alpha value is -7.76. The molecule has 2 aromatic carbocycles. The van der Waals surface area contributed by atoms with Gasteiger partial charge in [-0.2, -0.15) is 10.2 Å². The summed E-state index contributed by atoms with van der Waals surface area (Å²) in [4.78, 5) is 46.3. The Kier molecular flexibility index (Phi) is 12.0. The van der Waals surface area contributed by atoms with Crippen LogP contribution in [-0.4, -0.2) is 151 Å². The first kappa shape index (κ1) is 43.1. The minimum Gasteiger partial charge on any atom is -0.376 e. The fourth-order valence-corrected chi connectivity index (χ4v) is 8.70. The maximum atomic E-state index is 5.01. The molecular formula is C50H55N17. The number of anilines is 3. The van der Waals surface area contributed by atoms with Gasteiger partial charge < -0.3 is 34.5 Å². The fraction of sp³-hybridized carbons (Fsp3) is 0.280. The number of rotatable bonds is 7. The van der Waals surface area contributed by atoms with Crippen molar-refractivity contribution in [1.82, 2.24) is 70.1 Å². The summed E-state index contributed by atoms with van der Waals surface area (Å²) in [6.45, 7) is 12.2. The van der Waals surface area contributed by atoms with Crippen LogP contribution >= 0.6 is 0 Å². The first-order valence-corrected chi connectivity index (χ1v) is 22.9. The predicted octanol–water partition coefficient (Wildman–Crippen LogP) is 7.72. The Morgan fingerprint density at radius 1 is 0.522 bits per heavy atom. The molecule has 2 aliphatic rings. The normalized spacial score (nSPS) is 14.7. The topological polar surface area (TPSA) is 182 Å². The van der Waals surface area contributed by atoms with E-state index in [4.69, 9.17) is 9.97 Å². The highest BCUT2D eigenvalue weighted by molar-refractivity contribution is 5.98. The zero-order chi connectivity index (χ0) is 46.0. The summed E-state index contributed by atoms with van der Waals surface area (Å²) in [6, 6.07) is 22.7. The molecule has 0 amide bonds. The maximum Gasteiger partial charge on any atom is 0.159 e. The van der Waals surface area contributed by atoms with E-state index in [0.29, 0.717) is 0 Å². The Morgan fingerprint density at radius 3 is 1.52 bits per heavy atom. The zero-order valence-corrected chi connectivity index (χ0v) is 38.8. The monoisotopic (exact) mass is 893 g/mol. The van der Waals surface area contributed by atoms with E-state index >= 15 is 0 Å². The summed E-state index contributed by atoms with van der Waals surface area (Å²) >= 11 is 0. The van der Waals surface area contributed by atoms with Crippen LogP contribution in [0.1, 0.15) is 13.8 Å². The van der Waals surface area contributed by atoms with Crippen LogP contribution in [0.3, 0.4) is 0 Å². The van der Waals surface area contributed by atoms with E-state index in [1.54, 1.807) is 6.20 Å². The number of hydrogen-bond acceptors (Lipinski definition) is 13. The molecule has 2 saturated heterocycles. The summed E-state index contributed by atoms with van der Waals surface area (Å²) in [6.07, 6.45) is 10.9. The highest BCUT2D eigenvalue weighted by Gasteiger charge is 2.22. The van der Waals surface area contributed by atoms with Crippen molar-refractivity contribution in [3.8, 4) is 45.6 Å². The van der Waals surface area contributed by atoms with Crippen molar-refractivity contribution >= 4 is 60.9 Å². The Labute approximate surface area is 388 Å². The first-order valence-electron chi connectivity index (χ1n) is 22.9. The van der Waals surface area contributed by atoms with Crippen LogP contribution in [0, 0.1) is 0 Å². The van der Waals surface area contributed by atoms with E-state index in [0.717, 1.165) is 147 Å². The molecule has 0 saturated carbocycles. The van der Waals surface area contributed by atoms with Crippen molar-refractivity contribution < 1.29 is 0 Å². The number of imidazole rings is 2. The van der Waals surface area contributed by atoms with Crippen LogP contribution in [0.5, 0.6) is 0 Å². The highest BCUT2D eigenvalue weighted by Crippen LogP contribution is 2.34. The van der Waals surface area contributed by atoms with Gasteiger partial charge in [-0.15, -0.1) is 0 Å². The summed E-state index contributed by atoms with van der Waals surface area (Å²) in [5, 5.41) is 17.3. The van der Waals surface area contributed by atoms with Gasteiger partial charge in [0.25, 0.3) is 0 Å². The summed E-state index contributed by atoms with van der Waals surface area (Å²) < 4.78 is 0. The third kappa shape index (κ3) is 8.61. The van der Waals surface area contributed by atoms with E-state index in [-0.39, 0.29) is 0 Å². The lowest BCUT2D eigenvalue weighted by atomic mass is 10.1. The lowest BCUT2D eigenvalue weighted by Gasteiger charge is -2.34. The second-order valence-electron chi connectivity index (χ2n) is 17.0. The molecule has 2 fully saturated rings. The third-order valence-corrected chi connectivity index (χ3v) is 12.5. The molecule has 0 atom stereocenters. The summed E-state index contributed by atoms with van der Waals surface area (Å²) in [5.74, 6) is 1.51. The molecule has 12 rings (SSSR count).